The lowest BCUT2D eigenvalue weighted by atomic mass is 9.92. The first-order chi connectivity index (χ1) is 13.7. The highest BCUT2D eigenvalue weighted by atomic mass is 16.5. The number of hydrogen-bond donors (Lipinski definition) is 0. The van der Waals surface area contributed by atoms with Gasteiger partial charge in [-0.05, 0) is 24.5 Å². The summed E-state index contributed by atoms with van der Waals surface area (Å²) in [6.07, 6.45) is 0.837. The maximum atomic E-state index is 13.0. The van der Waals surface area contributed by atoms with Crippen molar-refractivity contribution in [3.8, 4) is 0 Å². The van der Waals surface area contributed by atoms with Crippen LogP contribution < -0.4 is 0 Å². The van der Waals surface area contributed by atoms with Crippen LogP contribution >= 0.6 is 0 Å². The summed E-state index contributed by atoms with van der Waals surface area (Å²) in [7, 11) is 0. The van der Waals surface area contributed by atoms with Crippen molar-refractivity contribution in [1.82, 2.24) is 9.80 Å². The third-order valence-electron chi connectivity index (χ3n) is 5.05. The molecule has 5 heteroatoms. The summed E-state index contributed by atoms with van der Waals surface area (Å²) in [4.78, 5) is 29.9. The molecule has 5 nitrogen and oxygen atoms in total. The molecule has 0 aliphatic carbocycles. The third-order valence-corrected chi connectivity index (χ3v) is 5.05. The van der Waals surface area contributed by atoms with E-state index in [1.165, 1.54) is 0 Å². The summed E-state index contributed by atoms with van der Waals surface area (Å²) in [5.74, 6) is -0.229. The standard InChI is InChI=1S/C23H28N2O3/c1-3-15-25-20(26)17-24(16-18-11-7-5-8-12-18)22(23(27)28-4-2)21(25)19-13-9-6-10-14-19/h5-14,21-22H,3-4,15-17H2,1-2H3/t21-,22-/m0/s1. The fraction of sp³-hybridized carbons (Fsp3) is 0.391. The maximum Gasteiger partial charge on any atom is 0.325 e. The van der Waals surface area contributed by atoms with E-state index >= 15 is 0 Å². The van der Waals surface area contributed by atoms with Crippen molar-refractivity contribution in [3.05, 3.63) is 71.8 Å². The van der Waals surface area contributed by atoms with E-state index in [0.29, 0.717) is 19.7 Å². The Morgan fingerprint density at radius 1 is 1.04 bits per heavy atom. The molecule has 2 aromatic carbocycles. The molecule has 1 amide bonds. The van der Waals surface area contributed by atoms with E-state index in [1.54, 1.807) is 0 Å². The molecule has 0 spiro atoms. The lowest BCUT2D eigenvalue weighted by Crippen LogP contribution is -2.60. The average Bonchev–Trinajstić information content (AvgIpc) is 2.71. The number of benzene rings is 2. The SMILES string of the molecule is CCCN1C(=O)CN(Cc2ccccc2)[C@H](C(=O)OCC)[C@@H]1c1ccccc1. The van der Waals surface area contributed by atoms with Gasteiger partial charge >= 0.3 is 5.97 Å². The van der Waals surface area contributed by atoms with E-state index in [9.17, 15) is 9.59 Å². The van der Waals surface area contributed by atoms with Gasteiger partial charge in [0, 0.05) is 13.1 Å². The van der Waals surface area contributed by atoms with Crippen LogP contribution in [0, 0.1) is 0 Å². The topological polar surface area (TPSA) is 49.9 Å². The molecule has 28 heavy (non-hydrogen) atoms. The second-order valence-electron chi connectivity index (χ2n) is 7.03. The molecule has 1 heterocycles. The van der Waals surface area contributed by atoms with Gasteiger partial charge in [0.1, 0.15) is 6.04 Å². The lowest BCUT2D eigenvalue weighted by molar-refractivity contribution is -0.162. The van der Waals surface area contributed by atoms with Crippen molar-refractivity contribution < 1.29 is 14.3 Å². The molecule has 1 saturated heterocycles. The number of carbonyl (C=O) groups excluding carboxylic acids is 2. The van der Waals surface area contributed by atoms with Gasteiger partial charge in [0.05, 0.1) is 19.2 Å². The predicted octanol–water partition coefficient (Wildman–Crippen LogP) is 3.41. The second-order valence-corrected chi connectivity index (χ2v) is 7.03. The van der Waals surface area contributed by atoms with Gasteiger partial charge in [0.15, 0.2) is 0 Å². The first-order valence-corrected chi connectivity index (χ1v) is 9.94. The molecule has 1 fully saturated rings. The molecule has 2 atom stereocenters. The molecule has 0 saturated carbocycles. The van der Waals surface area contributed by atoms with Gasteiger partial charge in [-0.2, -0.15) is 0 Å². The van der Waals surface area contributed by atoms with E-state index in [-0.39, 0.29) is 24.5 Å². The van der Waals surface area contributed by atoms with Gasteiger partial charge in [-0.1, -0.05) is 67.6 Å². The zero-order chi connectivity index (χ0) is 19.9. The molecular weight excluding hydrogens is 352 g/mol. The maximum absolute atomic E-state index is 13.0. The number of piperazine rings is 1. The van der Waals surface area contributed by atoms with Gasteiger partial charge in [0.25, 0.3) is 0 Å². The number of esters is 1. The summed E-state index contributed by atoms with van der Waals surface area (Å²) in [5.41, 5.74) is 2.03. The molecular formula is C23H28N2O3. The Morgan fingerprint density at radius 3 is 2.29 bits per heavy atom. The number of hydrogen-bond acceptors (Lipinski definition) is 4. The quantitative estimate of drug-likeness (QED) is 0.691. The summed E-state index contributed by atoms with van der Waals surface area (Å²) in [5, 5.41) is 0. The van der Waals surface area contributed by atoms with Gasteiger partial charge < -0.3 is 9.64 Å². The molecule has 0 aromatic heterocycles. The predicted molar refractivity (Wildman–Crippen MR) is 108 cm³/mol. The van der Waals surface area contributed by atoms with Crippen molar-refractivity contribution in [2.45, 2.75) is 38.9 Å². The van der Waals surface area contributed by atoms with Gasteiger partial charge in [-0.3, -0.25) is 14.5 Å². The van der Waals surface area contributed by atoms with Gasteiger partial charge in [-0.25, -0.2) is 0 Å². The van der Waals surface area contributed by atoms with E-state index in [4.69, 9.17) is 4.74 Å². The molecule has 1 aliphatic rings. The fourth-order valence-corrected chi connectivity index (χ4v) is 3.88. The highest BCUT2D eigenvalue weighted by molar-refractivity contribution is 5.85. The minimum Gasteiger partial charge on any atom is -0.465 e. The molecule has 0 bridgehead atoms. The van der Waals surface area contributed by atoms with E-state index in [2.05, 4.69) is 0 Å². The molecule has 2 aromatic rings. The van der Waals surface area contributed by atoms with Crippen LogP contribution in [0.3, 0.4) is 0 Å². The Bertz CT molecular complexity index is 779. The zero-order valence-corrected chi connectivity index (χ0v) is 16.6. The Kier molecular flexibility index (Phi) is 6.82. The smallest absolute Gasteiger partial charge is 0.325 e. The highest BCUT2D eigenvalue weighted by Crippen LogP contribution is 2.33. The lowest BCUT2D eigenvalue weighted by Gasteiger charge is -2.46. The van der Waals surface area contributed by atoms with Crippen LogP contribution in [0.4, 0.5) is 0 Å². The summed E-state index contributed by atoms with van der Waals surface area (Å²) in [6.45, 7) is 5.53. The van der Waals surface area contributed by atoms with Crippen LogP contribution in [0.5, 0.6) is 0 Å². The third kappa shape index (κ3) is 4.42. The minimum atomic E-state index is -0.535. The van der Waals surface area contributed by atoms with Crippen molar-refractivity contribution >= 4 is 11.9 Å². The number of ether oxygens (including phenoxy) is 1. The Hall–Kier alpha value is -2.66. The van der Waals surface area contributed by atoms with Gasteiger partial charge in [-0.15, -0.1) is 0 Å². The monoisotopic (exact) mass is 380 g/mol. The number of carbonyl (C=O) groups is 2. The summed E-state index contributed by atoms with van der Waals surface area (Å²) < 4.78 is 5.44. The van der Waals surface area contributed by atoms with Crippen molar-refractivity contribution in [2.24, 2.45) is 0 Å². The summed E-state index contributed by atoms with van der Waals surface area (Å²) in [6, 6.07) is 18.9. The van der Waals surface area contributed by atoms with Crippen LogP contribution in [0.25, 0.3) is 0 Å². The molecule has 148 valence electrons. The summed E-state index contributed by atoms with van der Waals surface area (Å²) >= 11 is 0. The molecule has 1 aliphatic heterocycles. The van der Waals surface area contributed by atoms with Crippen LogP contribution in [-0.2, 0) is 20.9 Å². The van der Waals surface area contributed by atoms with E-state index < -0.39 is 6.04 Å². The van der Waals surface area contributed by atoms with Crippen LogP contribution in [-0.4, -0.2) is 47.4 Å². The van der Waals surface area contributed by atoms with E-state index in [0.717, 1.165) is 17.5 Å². The number of amides is 1. The molecule has 0 unspecified atom stereocenters. The van der Waals surface area contributed by atoms with Crippen LogP contribution in [0.15, 0.2) is 60.7 Å². The van der Waals surface area contributed by atoms with Crippen LogP contribution in [0.2, 0.25) is 0 Å². The number of rotatable bonds is 7. The van der Waals surface area contributed by atoms with Crippen molar-refractivity contribution in [2.75, 3.05) is 19.7 Å². The Morgan fingerprint density at radius 2 is 1.68 bits per heavy atom. The highest BCUT2D eigenvalue weighted by Gasteiger charge is 2.45. The second kappa shape index (κ2) is 9.51. The molecule has 3 rings (SSSR count). The zero-order valence-electron chi connectivity index (χ0n) is 16.6. The largest absolute Gasteiger partial charge is 0.465 e. The fourth-order valence-electron chi connectivity index (χ4n) is 3.88. The Labute approximate surface area is 166 Å². The van der Waals surface area contributed by atoms with Crippen molar-refractivity contribution in [1.29, 1.82) is 0 Å². The van der Waals surface area contributed by atoms with Crippen LogP contribution in [0.1, 0.15) is 37.4 Å². The first-order valence-electron chi connectivity index (χ1n) is 9.94. The normalized spacial score (nSPS) is 20.2. The minimum absolute atomic E-state index is 0.0483. The molecule has 0 radical (unpaired) electrons. The van der Waals surface area contributed by atoms with Gasteiger partial charge in [0.2, 0.25) is 5.91 Å². The molecule has 0 N–H and O–H groups in total. The van der Waals surface area contributed by atoms with E-state index in [1.807, 2.05) is 84.3 Å². The Balaban J connectivity index is 2.02. The van der Waals surface area contributed by atoms with Crippen molar-refractivity contribution in [3.63, 3.8) is 0 Å². The first kappa shape index (κ1) is 20.1. The number of nitrogens with zero attached hydrogens (tertiary/aromatic N) is 2. The average molecular weight is 380 g/mol.